The SMILES string of the molecule is CCOC(=O)[C@@]12C[C@@H]1/C=C\CCCCC[C@H](NC(=O)OC(C)(C)C)C(=O)N1C[C@H](OC(=O)N3Cc4cccc(F)c4C3)C[C@H]1C(=O)N2C(C)=O. The van der Waals surface area contributed by atoms with Gasteiger partial charge in [-0.1, -0.05) is 37.1 Å². The van der Waals surface area contributed by atoms with E-state index in [1.54, 1.807) is 39.8 Å². The smallest absolute Gasteiger partial charge is 0.410 e. The molecule has 1 N–H and O–H groups in total. The highest BCUT2D eigenvalue weighted by Gasteiger charge is 2.68. The van der Waals surface area contributed by atoms with E-state index in [-0.39, 0.29) is 45.5 Å². The summed E-state index contributed by atoms with van der Waals surface area (Å²) in [6.07, 6.45) is 4.21. The lowest BCUT2D eigenvalue weighted by molar-refractivity contribution is -0.165. The Balaban J connectivity index is 1.47. The summed E-state index contributed by atoms with van der Waals surface area (Å²) in [6, 6.07) is 2.20. The largest absolute Gasteiger partial charge is 0.464 e. The van der Waals surface area contributed by atoms with Gasteiger partial charge in [-0.2, -0.15) is 0 Å². The second-order valence-electron chi connectivity index (χ2n) is 14.4. The van der Waals surface area contributed by atoms with Crippen molar-refractivity contribution >= 4 is 35.9 Å². The second kappa shape index (κ2) is 14.8. The van der Waals surface area contributed by atoms with E-state index in [1.165, 1.54) is 22.8 Å². The minimum Gasteiger partial charge on any atom is -0.464 e. The van der Waals surface area contributed by atoms with Gasteiger partial charge in [-0.15, -0.1) is 0 Å². The van der Waals surface area contributed by atoms with Gasteiger partial charge in [0.1, 0.15) is 29.6 Å². The quantitative estimate of drug-likeness (QED) is 0.275. The molecule has 5 amide bonds. The minimum atomic E-state index is -1.58. The molecule has 1 saturated heterocycles. The van der Waals surface area contributed by atoms with Crippen LogP contribution in [0.15, 0.2) is 30.4 Å². The first-order valence-corrected chi connectivity index (χ1v) is 17.4. The highest BCUT2D eigenvalue weighted by molar-refractivity contribution is 6.05. The lowest BCUT2D eigenvalue weighted by Gasteiger charge is -2.34. The number of ether oxygens (including phenoxy) is 3. The average molecular weight is 699 g/mol. The maximum atomic E-state index is 14.6. The molecule has 5 atom stereocenters. The molecule has 0 bridgehead atoms. The number of benzene rings is 1. The van der Waals surface area contributed by atoms with Crippen molar-refractivity contribution < 1.29 is 47.4 Å². The van der Waals surface area contributed by atoms with Gasteiger partial charge in [0.05, 0.1) is 19.7 Å². The molecule has 50 heavy (non-hydrogen) atoms. The van der Waals surface area contributed by atoms with Gasteiger partial charge in [0.15, 0.2) is 5.54 Å². The molecule has 13 nitrogen and oxygen atoms in total. The van der Waals surface area contributed by atoms with Gasteiger partial charge in [-0.3, -0.25) is 24.2 Å². The maximum absolute atomic E-state index is 14.6. The molecular weight excluding hydrogens is 651 g/mol. The molecule has 1 aromatic carbocycles. The summed E-state index contributed by atoms with van der Waals surface area (Å²) in [7, 11) is 0. The van der Waals surface area contributed by atoms with Crippen LogP contribution >= 0.6 is 0 Å². The van der Waals surface area contributed by atoms with E-state index < -0.39 is 76.9 Å². The molecule has 272 valence electrons. The van der Waals surface area contributed by atoms with Crippen LogP contribution in [0.2, 0.25) is 0 Å². The zero-order valence-corrected chi connectivity index (χ0v) is 29.4. The minimum absolute atomic E-state index is 0.00444. The Morgan fingerprint density at radius 3 is 2.50 bits per heavy atom. The van der Waals surface area contributed by atoms with Crippen LogP contribution in [0.1, 0.15) is 90.7 Å². The van der Waals surface area contributed by atoms with Gasteiger partial charge in [0.2, 0.25) is 11.8 Å². The zero-order valence-electron chi connectivity index (χ0n) is 29.4. The van der Waals surface area contributed by atoms with Crippen LogP contribution in [0.3, 0.4) is 0 Å². The fraction of sp³-hybridized carbons (Fsp3) is 0.611. The molecule has 4 aliphatic rings. The fourth-order valence-corrected chi connectivity index (χ4v) is 7.17. The van der Waals surface area contributed by atoms with Crippen LogP contribution < -0.4 is 5.32 Å². The number of fused-ring (bicyclic) bond motifs is 3. The van der Waals surface area contributed by atoms with Gasteiger partial charge in [0, 0.05) is 31.4 Å². The van der Waals surface area contributed by atoms with E-state index in [1.807, 2.05) is 12.2 Å². The lowest BCUT2D eigenvalue weighted by atomic mass is 10.0. The number of carbonyl (C=O) groups is 6. The Morgan fingerprint density at radius 1 is 1.06 bits per heavy atom. The summed E-state index contributed by atoms with van der Waals surface area (Å²) in [5.74, 6) is -3.75. The van der Waals surface area contributed by atoms with Crippen molar-refractivity contribution in [3.63, 3.8) is 0 Å². The van der Waals surface area contributed by atoms with Crippen molar-refractivity contribution in [3.05, 3.63) is 47.3 Å². The summed E-state index contributed by atoms with van der Waals surface area (Å²) < 4.78 is 31.1. The van der Waals surface area contributed by atoms with Crippen molar-refractivity contribution in [2.24, 2.45) is 5.92 Å². The number of nitrogens with zero attached hydrogens (tertiary/aromatic N) is 3. The molecule has 3 aliphatic heterocycles. The summed E-state index contributed by atoms with van der Waals surface area (Å²) in [6.45, 7) is 7.84. The summed E-state index contributed by atoms with van der Waals surface area (Å²) >= 11 is 0. The molecule has 5 rings (SSSR count). The number of hydrogen-bond acceptors (Lipinski definition) is 9. The third-order valence-electron chi connectivity index (χ3n) is 9.55. The van der Waals surface area contributed by atoms with Crippen molar-refractivity contribution in [2.45, 2.75) is 122 Å². The number of nitrogens with one attached hydrogen (secondary N) is 1. The van der Waals surface area contributed by atoms with Crippen molar-refractivity contribution in [1.82, 2.24) is 20.0 Å². The highest BCUT2D eigenvalue weighted by atomic mass is 19.1. The molecular formula is C36H47FN4O9. The predicted octanol–water partition coefficient (Wildman–Crippen LogP) is 4.36. The fourth-order valence-electron chi connectivity index (χ4n) is 7.17. The van der Waals surface area contributed by atoms with Gasteiger partial charge >= 0.3 is 18.2 Å². The molecule has 1 saturated carbocycles. The summed E-state index contributed by atoms with van der Waals surface area (Å²) in [4.78, 5) is 85.5. The van der Waals surface area contributed by atoms with Crippen molar-refractivity contribution in [2.75, 3.05) is 13.2 Å². The topological polar surface area (TPSA) is 152 Å². The number of allylic oxidation sites excluding steroid dienone is 1. The molecule has 1 aromatic rings. The predicted molar refractivity (Wildman–Crippen MR) is 176 cm³/mol. The molecule has 1 aliphatic carbocycles. The monoisotopic (exact) mass is 698 g/mol. The second-order valence-corrected chi connectivity index (χ2v) is 14.4. The van der Waals surface area contributed by atoms with Gasteiger partial charge in [-0.05, 0) is 65.0 Å². The van der Waals surface area contributed by atoms with Crippen LogP contribution in [0.4, 0.5) is 14.0 Å². The van der Waals surface area contributed by atoms with Crippen LogP contribution in [0, 0.1) is 11.7 Å². The Hall–Kier alpha value is -4.49. The van der Waals surface area contributed by atoms with Gasteiger partial charge in [-0.25, -0.2) is 18.8 Å². The van der Waals surface area contributed by atoms with Crippen LogP contribution in [0.25, 0.3) is 0 Å². The maximum Gasteiger partial charge on any atom is 0.410 e. The van der Waals surface area contributed by atoms with E-state index in [9.17, 15) is 33.2 Å². The van der Waals surface area contributed by atoms with Crippen molar-refractivity contribution in [3.8, 4) is 0 Å². The van der Waals surface area contributed by atoms with E-state index in [4.69, 9.17) is 14.2 Å². The number of carbonyl (C=O) groups excluding carboxylic acids is 6. The zero-order chi connectivity index (χ0) is 36.4. The van der Waals surface area contributed by atoms with Crippen LogP contribution in [-0.2, 0) is 46.5 Å². The number of halogens is 1. The Kier molecular flexibility index (Phi) is 10.9. The van der Waals surface area contributed by atoms with Crippen LogP contribution in [0.5, 0.6) is 0 Å². The Labute approximate surface area is 291 Å². The molecule has 2 fully saturated rings. The van der Waals surface area contributed by atoms with E-state index in [2.05, 4.69) is 5.32 Å². The number of rotatable bonds is 4. The normalized spacial score (nSPS) is 27.6. The summed E-state index contributed by atoms with van der Waals surface area (Å²) in [5.41, 5.74) is -1.39. The first-order valence-electron chi connectivity index (χ1n) is 17.4. The van der Waals surface area contributed by atoms with E-state index in [0.29, 0.717) is 24.0 Å². The van der Waals surface area contributed by atoms with Gasteiger partial charge < -0.3 is 24.4 Å². The molecule has 3 heterocycles. The third kappa shape index (κ3) is 7.78. The molecule has 0 radical (unpaired) electrons. The third-order valence-corrected chi connectivity index (χ3v) is 9.55. The molecule has 0 unspecified atom stereocenters. The number of amides is 5. The number of hydrogen-bond donors (Lipinski definition) is 1. The first-order chi connectivity index (χ1) is 23.7. The Morgan fingerprint density at radius 2 is 1.82 bits per heavy atom. The van der Waals surface area contributed by atoms with Gasteiger partial charge in [0.25, 0.3) is 5.91 Å². The number of imide groups is 1. The Bertz CT molecular complexity index is 1560. The highest BCUT2D eigenvalue weighted by Crippen LogP contribution is 2.51. The lowest BCUT2D eigenvalue weighted by Crippen LogP contribution is -2.59. The average Bonchev–Trinajstić information content (AvgIpc) is 3.35. The van der Waals surface area contributed by atoms with E-state index >= 15 is 0 Å². The number of esters is 1. The van der Waals surface area contributed by atoms with E-state index in [0.717, 1.165) is 17.7 Å². The first kappa shape index (κ1) is 36.8. The van der Waals surface area contributed by atoms with Crippen molar-refractivity contribution in [1.29, 1.82) is 0 Å². The molecule has 14 heteroatoms. The molecule has 0 aromatic heterocycles. The summed E-state index contributed by atoms with van der Waals surface area (Å²) in [5, 5.41) is 2.67. The molecule has 0 spiro atoms. The number of alkyl carbamates (subject to hydrolysis) is 1. The van der Waals surface area contributed by atoms with Crippen LogP contribution in [-0.4, -0.2) is 93.1 Å². The standard InChI is InChI=1S/C36H47FN4O9/c1-6-48-32(45)36-18-24(36)14-10-8-7-9-11-16-28(38-33(46)50-35(3,4)5)30(43)40-20-25(17-29(40)31(44)41(36)22(2)42)49-34(47)39-19-23-13-12-15-27(37)26(23)21-39/h10,12-15,24-25,28-29H,6-9,11,16-21H2,1-5H3,(H,38,46)/b14-10-/t24-,25+,28-,29-,36+/m0/s1.